The van der Waals surface area contributed by atoms with Crippen molar-refractivity contribution in [1.29, 1.82) is 0 Å². The Labute approximate surface area is 132 Å². The molecule has 1 N–H and O–H groups in total. The molecule has 126 valence electrons. The molecule has 1 aliphatic heterocycles. The second-order valence-corrected chi connectivity index (χ2v) is 5.51. The van der Waals surface area contributed by atoms with Crippen molar-refractivity contribution in [3.05, 3.63) is 12.7 Å². The Morgan fingerprint density at radius 1 is 1.50 bits per heavy atom. The first-order valence-electron chi connectivity index (χ1n) is 7.81. The minimum Gasteiger partial charge on any atom is -0.467 e. The molecule has 1 saturated heterocycles. The summed E-state index contributed by atoms with van der Waals surface area (Å²) in [6.45, 7) is 6.37. The van der Waals surface area contributed by atoms with Gasteiger partial charge >= 0.3 is 5.97 Å². The van der Waals surface area contributed by atoms with Gasteiger partial charge in [-0.05, 0) is 19.3 Å². The van der Waals surface area contributed by atoms with Crippen molar-refractivity contribution in [2.75, 3.05) is 20.3 Å². The van der Waals surface area contributed by atoms with E-state index in [4.69, 9.17) is 9.47 Å². The Bertz CT molecular complexity index is 385. The normalized spacial score (nSPS) is 22.4. The number of carbonyl (C=O) groups is 2. The number of aliphatic hydroxyl groups excluding tert-OH is 1. The zero-order chi connectivity index (χ0) is 16.5. The molecule has 22 heavy (non-hydrogen) atoms. The zero-order valence-electron chi connectivity index (χ0n) is 13.5. The molecule has 6 nitrogen and oxygen atoms in total. The predicted molar refractivity (Wildman–Crippen MR) is 82.2 cm³/mol. The number of hydrogen-bond donors (Lipinski definition) is 1. The number of rotatable bonds is 9. The number of hydrogen-bond acceptors (Lipinski definition) is 5. The molecule has 3 atom stereocenters. The van der Waals surface area contributed by atoms with Crippen molar-refractivity contribution in [2.45, 2.75) is 57.3 Å². The van der Waals surface area contributed by atoms with Crippen molar-refractivity contribution >= 4 is 11.9 Å². The molecular formula is C16H27NO5. The van der Waals surface area contributed by atoms with Gasteiger partial charge in [0.15, 0.2) is 0 Å². The lowest BCUT2D eigenvalue weighted by Gasteiger charge is -2.24. The second-order valence-electron chi connectivity index (χ2n) is 5.51. The maximum atomic E-state index is 12.4. The summed E-state index contributed by atoms with van der Waals surface area (Å²) >= 11 is 0. The largest absolute Gasteiger partial charge is 0.467 e. The number of allylic oxidation sites excluding steroid dienone is 1. The van der Waals surface area contributed by atoms with Crippen LogP contribution in [-0.4, -0.2) is 60.4 Å². The van der Waals surface area contributed by atoms with Gasteiger partial charge in [0.2, 0.25) is 5.91 Å². The molecule has 1 fully saturated rings. The fourth-order valence-electron chi connectivity index (χ4n) is 2.56. The summed E-state index contributed by atoms with van der Waals surface area (Å²) in [5, 5.41) is 9.71. The number of unbranched alkanes of at least 4 members (excludes halogenated alkanes) is 1. The molecule has 0 saturated carbocycles. The van der Waals surface area contributed by atoms with E-state index in [0.29, 0.717) is 6.61 Å². The molecule has 0 aromatic rings. The molecule has 1 aliphatic rings. The van der Waals surface area contributed by atoms with Crippen molar-refractivity contribution in [1.82, 2.24) is 4.90 Å². The number of amides is 1. The van der Waals surface area contributed by atoms with Gasteiger partial charge in [0.05, 0.1) is 25.7 Å². The van der Waals surface area contributed by atoms with Crippen LogP contribution in [0.3, 0.4) is 0 Å². The smallest absolute Gasteiger partial charge is 0.328 e. The van der Waals surface area contributed by atoms with Gasteiger partial charge in [0.1, 0.15) is 6.04 Å². The number of β-amino-alcohol motifs (C(OH)–C–C–N with tert-alkyl or cyclic N) is 1. The summed E-state index contributed by atoms with van der Waals surface area (Å²) in [6.07, 6.45) is 3.91. The number of nitrogens with zero attached hydrogens (tertiary/aromatic N) is 1. The van der Waals surface area contributed by atoms with E-state index in [9.17, 15) is 14.7 Å². The molecule has 1 rings (SSSR count). The van der Waals surface area contributed by atoms with E-state index in [-0.39, 0.29) is 31.4 Å². The average Bonchev–Trinajstić information content (AvgIpc) is 2.91. The van der Waals surface area contributed by atoms with E-state index in [1.165, 1.54) is 12.0 Å². The summed E-state index contributed by atoms with van der Waals surface area (Å²) in [6, 6.07) is -0.689. The van der Waals surface area contributed by atoms with Crippen LogP contribution in [0.15, 0.2) is 12.7 Å². The first-order chi connectivity index (χ1) is 10.5. The summed E-state index contributed by atoms with van der Waals surface area (Å²) in [5.41, 5.74) is 0. The van der Waals surface area contributed by atoms with Crippen molar-refractivity contribution < 1.29 is 24.2 Å². The lowest BCUT2D eigenvalue weighted by atomic mass is 10.1. The Balaban J connectivity index is 2.53. The summed E-state index contributed by atoms with van der Waals surface area (Å²) in [5.74, 6) is -0.660. The molecule has 0 bridgehead atoms. The van der Waals surface area contributed by atoms with E-state index in [1.807, 2.05) is 13.0 Å². The van der Waals surface area contributed by atoms with Gasteiger partial charge in [-0.2, -0.15) is 0 Å². The van der Waals surface area contributed by atoms with Gasteiger partial charge < -0.3 is 19.5 Å². The fourth-order valence-corrected chi connectivity index (χ4v) is 2.56. The van der Waals surface area contributed by atoms with Crippen LogP contribution in [-0.2, 0) is 19.1 Å². The SMILES string of the molecule is C=CCCCO[C@@H](CC)CC(=O)N1C[C@H](O)C[C@H]1C(=O)OC. The Morgan fingerprint density at radius 3 is 2.82 bits per heavy atom. The second kappa shape index (κ2) is 9.58. The Kier molecular flexibility index (Phi) is 8.12. The lowest BCUT2D eigenvalue weighted by Crippen LogP contribution is -2.42. The van der Waals surface area contributed by atoms with E-state index in [2.05, 4.69) is 6.58 Å². The maximum absolute atomic E-state index is 12.4. The van der Waals surface area contributed by atoms with Gasteiger partial charge in [0.25, 0.3) is 0 Å². The molecule has 1 heterocycles. The van der Waals surface area contributed by atoms with Crippen LogP contribution in [0, 0.1) is 0 Å². The fraction of sp³-hybridized carbons (Fsp3) is 0.750. The molecular weight excluding hydrogens is 286 g/mol. The van der Waals surface area contributed by atoms with Crippen LogP contribution in [0.1, 0.15) is 39.0 Å². The van der Waals surface area contributed by atoms with Gasteiger partial charge in [-0.3, -0.25) is 4.79 Å². The predicted octanol–water partition coefficient (Wildman–Crippen LogP) is 1.27. The third-order valence-corrected chi connectivity index (χ3v) is 3.84. The summed E-state index contributed by atoms with van der Waals surface area (Å²) < 4.78 is 10.4. The standard InChI is InChI=1S/C16H27NO5/c1-4-6-7-8-22-13(5-2)10-15(19)17-11-12(18)9-14(17)16(20)21-3/h4,12-14,18H,1,5-11H2,2-3H3/t12-,13+,14+/m1/s1. The lowest BCUT2D eigenvalue weighted by molar-refractivity contribution is -0.151. The number of methoxy groups -OCH3 is 1. The topological polar surface area (TPSA) is 76.1 Å². The minimum atomic E-state index is -0.689. The Morgan fingerprint density at radius 2 is 2.23 bits per heavy atom. The molecule has 0 aromatic heterocycles. The number of likely N-dealkylation sites (tertiary alicyclic amines) is 1. The molecule has 0 unspecified atom stereocenters. The first-order valence-corrected chi connectivity index (χ1v) is 7.81. The number of ether oxygens (including phenoxy) is 2. The maximum Gasteiger partial charge on any atom is 0.328 e. The molecule has 6 heteroatoms. The number of esters is 1. The van der Waals surface area contributed by atoms with E-state index >= 15 is 0 Å². The van der Waals surface area contributed by atoms with Crippen LogP contribution in [0.25, 0.3) is 0 Å². The summed E-state index contributed by atoms with van der Waals surface area (Å²) in [7, 11) is 1.28. The third kappa shape index (κ3) is 5.42. The molecule has 0 radical (unpaired) electrons. The van der Waals surface area contributed by atoms with Crippen molar-refractivity contribution in [3.8, 4) is 0 Å². The molecule has 0 aromatic carbocycles. The van der Waals surface area contributed by atoms with Crippen LogP contribution in [0.5, 0.6) is 0 Å². The van der Waals surface area contributed by atoms with Crippen LogP contribution < -0.4 is 0 Å². The average molecular weight is 313 g/mol. The van der Waals surface area contributed by atoms with E-state index in [0.717, 1.165) is 19.3 Å². The minimum absolute atomic E-state index is 0.172. The number of aliphatic hydroxyl groups is 1. The highest BCUT2D eigenvalue weighted by atomic mass is 16.5. The highest BCUT2D eigenvalue weighted by molar-refractivity contribution is 5.85. The van der Waals surface area contributed by atoms with Crippen LogP contribution >= 0.6 is 0 Å². The molecule has 0 spiro atoms. The highest BCUT2D eigenvalue weighted by Gasteiger charge is 2.39. The first kappa shape index (κ1) is 18.6. The highest BCUT2D eigenvalue weighted by Crippen LogP contribution is 2.21. The molecule has 1 amide bonds. The van der Waals surface area contributed by atoms with E-state index < -0.39 is 18.1 Å². The number of carbonyl (C=O) groups excluding carboxylic acids is 2. The van der Waals surface area contributed by atoms with Crippen LogP contribution in [0.2, 0.25) is 0 Å². The van der Waals surface area contributed by atoms with E-state index in [1.54, 1.807) is 0 Å². The van der Waals surface area contributed by atoms with Gasteiger partial charge in [-0.1, -0.05) is 13.0 Å². The Hall–Kier alpha value is -1.40. The molecule has 0 aliphatic carbocycles. The van der Waals surface area contributed by atoms with Crippen molar-refractivity contribution in [3.63, 3.8) is 0 Å². The van der Waals surface area contributed by atoms with Gasteiger partial charge in [0, 0.05) is 19.6 Å². The van der Waals surface area contributed by atoms with Gasteiger partial charge in [-0.25, -0.2) is 4.79 Å². The van der Waals surface area contributed by atoms with Crippen molar-refractivity contribution in [2.24, 2.45) is 0 Å². The zero-order valence-corrected chi connectivity index (χ0v) is 13.5. The van der Waals surface area contributed by atoms with Crippen LogP contribution in [0.4, 0.5) is 0 Å². The third-order valence-electron chi connectivity index (χ3n) is 3.84. The quantitative estimate of drug-likeness (QED) is 0.394. The monoisotopic (exact) mass is 313 g/mol. The van der Waals surface area contributed by atoms with Gasteiger partial charge in [-0.15, -0.1) is 6.58 Å². The summed E-state index contributed by atoms with van der Waals surface area (Å²) in [4.78, 5) is 25.5.